The minimum Gasteiger partial charge on any atom is -0.386 e. The first-order valence-electron chi connectivity index (χ1n) is 7.07. The Labute approximate surface area is 158 Å². The SMILES string of the molecule is O=P(Oc1ccccc1)(Oc1ccccc1)Oc1ccccc1.[Sb]. The predicted molar refractivity (Wildman–Crippen MR) is 94.6 cm³/mol. The zero-order valence-corrected chi connectivity index (χ0v) is 16.1. The van der Waals surface area contributed by atoms with Crippen molar-refractivity contribution in [1.29, 1.82) is 0 Å². The van der Waals surface area contributed by atoms with Gasteiger partial charge in [0.25, 0.3) is 0 Å². The van der Waals surface area contributed by atoms with Gasteiger partial charge in [0.15, 0.2) is 0 Å². The van der Waals surface area contributed by atoms with E-state index in [4.69, 9.17) is 13.6 Å². The van der Waals surface area contributed by atoms with E-state index in [1.165, 1.54) is 0 Å². The summed E-state index contributed by atoms with van der Waals surface area (Å²) in [6.45, 7) is 0. The summed E-state index contributed by atoms with van der Waals surface area (Å²) in [5.74, 6) is 1.22. The maximum Gasteiger partial charge on any atom is 0.647 e. The number of rotatable bonds is 6. The third kappa shape index (κ3) is 5.33. The maximum atomic E-state index is 13.1. The van der Waals surface area contributed by atoms with Crippen molar-refractivity contribution < 1.29 is 18.1 Å². The average Bonchev–Trinajstić information content (AvgIpc) is 2.57. The van der Waals surface area contributed by atoms with Crippen molar-refractivity contribution >= 4 is 32.3 Å². The molecule has 0 aliphatic heterocycles. The van der Waals surface area contributed by atoms with E-state index < -0.39 is 7.82 Å². The second-order valence-electron chi connectivity index (χ2n) is 4.66. The Hall–Kier alpha value is -1.89. The molecule has 0 saturated carbocycles. The molecule has 0 spiro atoms. The van der Waals surface area contributed by atoms with Gasteiger partial charge >= 0.3 is 7.82 Å². The van der Waals surface area contributed by atoms with Crippen molar-refractivity contribution in [2.24, 2.45) is 0 Å². The van der Waals surface area contributed by atoms with Gasteiger partial charge in [-0.25, -0.2) is 0 Å². The van der Waals surface area contributed by atoms with Crippen LogP contribution in [0.3, 0.4) is 0 Å². The molecule has 3 aromatic carbocycles. The Kier molecular flexibility index (Phi) is 6.78. The van der Waals surface area contributed by atoms with Crippen LogP contribution in [0, 0.1) is 0 Å². The summed E-state index contributed by atoms with van der Waals surface area (Å²) in [6, 6.07) is 26.4. The summed E-state index contributed by atoms with van der Waals surface area (Å²) < 4.78 is 29.6. The Bertz CT molecular complexity index is 674. The number of hydrogen-bond donors (Lipinski definition) is 0. The van der Waals surface area contributed by atoms with Crippen molar-refractivity contribution in [3.05, 3.63) is 91.0 Å². The summed E-state index contributed by atoms with van der Waals surface area (Å²) in [7, 11) is -3.89. The number of hydrogen-bond acceptors (Lipinski definition) is 4. The van der Waals surface area contributed by atoms with Crippen molar-refractivity contribution in [3.8, 4) is 17.2 Å². The molecule has 0 aliphatic carbocycles. The van der Waals surface area contributed by atoms with E-state index in [1.54, 1.807) is 72.8 Å². The summed E-state index contributed by atoms with van der Waals surface area (Å²) in [5, 5.41) is 0. The summed E-state index contributed by atoms with van der Waals surface area (Å²) in [4.78, 5) is 0. The van der Waals surface area contributed by atoms with E-state index >= 15 is 0 Å². The fourth-order valence-corrected chi connectivity index (χ4v) is 3.14. The minimum atomic E-state index is -3.89. The molecule has 121 valence electrons. The van der Waals surface area contributed by atoms with Gasteiger partial charge < -0.3 is 13.6 Å². The van der Waals surface area contributed by atoms with Gasteiger partial charge in [-0.3, -0.25) is 0 Å². The second-order valence-corrected chi connectivity index (χ2v) is 6.10. The molecule has 6 heteroatoms. The maximum absolute atomic E-state index is 13.1. The molecule has 24 heavy (non-hydrogen) atoms. The van der Waals surface area contributed by atoms with Gasteiger partial charge in [-0.05, 0) is 36.4 Å². The van der Waals surface area contributed by atoms with Gasteiger partial charge in [0.05, 0.1) is 0 Å². The van der Waals surface area contributed by atoms with Crippen molar-refractivity contribution in [1.82, 2.24) is 0 Å². The van der Waals surface area contributed by atoms with Crippen LogP contribution in [-0.4, -0.2) is 24.4 Å². The van der Waals surface area contributed by atoms with Gasteiger partial charge in [-0.2, -0.15) is 4.57 Å². The zero-order chi connectivity index (χ0) is 16.0. The molecular formula is C18H15O4PSb. The molecule has 4 nitrogen and oxygen atoms in total. The Balaban J connectivity index is 0.00000208. The zero-order valence-electron chi connectivity index (χ0n) is 12.7. The Morgan fingerprint density at radius 3 is 1.00 bits per heavy atom. The van der Waals surface area contributed by atoms with Crippen LogP contribution in [0.25, 0.3) is 0 Å². The van der Waals surface area contributed by atoms with E-state index in [0.29, 0.717) is 17.2 Å². The second kappa shape index (κ2) is 8.82. The molecule has 0 fully saturated rings. The normalized spacial score (nSPS) is 10.3. The molecule has 0 amide bonds. The van der Waals surface area contributed by atoms with E-state index in [9.17, 15) is 4.57 Å². The summed E-state index contributed by atoms with van der Waals surface area (Å²) in [5.41, 5.74) is 0. The fraction of sp³-hybridized carbons (Fsp3) is 0. The largest absolute Gasteiger partial charge is 0.647 e. The molecule has 0 N–H and O–H groups in total. The van der Waals surface area contributed by atoms with Crippen LogP contribution >= 0.6 is 7.82 Å². The van der Waals surface area contributed by atoms with Crippen molar-refractivity contribution in [3.63, 3.8) is 0 Å². The number of benzene rings is 3. The summed E-state index contributed by atoms with van der Waals surface area (Å²) in [6.07, 6.45) is 0. The van der Waals surface area contributed by atoms with Gasteiger partial charge in [0.2, 0.25) is 0 Å². The van der Waals surface area contributed by atoms with Crippen LogP contribution in [0.1, 0.15) is 0 Å². The molecule has 0 aromatic heterocycles. The molecule has 0 saturated heterocycles. The Morgan fingerprint density at radius 1 is 0.500 bits per heavy atom. The molecular weight excluding hydrogens is 433 g/mol. The molecule has 0 unspecified atom stereocenters. The van der Waals surface area contributed by atoms with Crippen molar-refractivity contribution in [2.45, 2.75) is 0 Å². The van der Waals surface area contributed by atoms with Gasteiger partial charge in [-0.15, -0.1) is 0 Å². The molecule has 3 radical (unpaired) electrons. The number of para-hydroxylation sites is 3. The number of phosphoric acid groups is 1. The smallest absolute Gasteiger partial charge is 0.386 e. The average molecular weight is 448 g/mol. The van der Waals surface area contributed by atoms with Crippen LogP contribution < -0.4 is 13.6 Å². The van der Waals surface area contributed by atoms with E-state index in [1.807, 2.05) is 18.2 Å². The molecule has 0 heterocycles. The third-order valence-corrected chi connectivity index (χ3v) is 4.18. The van der Waals surface area contributed by atoms with Gasteiger partial charge in [-0.1, -0.05) is 54.6 Å². The van der Waals surface area contributed by atoms with E-state index in [2.05, 4.69) is 0 Å². The molecule has 3 rings (SSSR count). The van der Waals surface area contributed by atoms with Gasteiger partial charge in [0, 0.05) is 24.4 Å². The van der Waals surface area contributed by atoms with E-state index in [-0.39, 0.29) is 24.4 Å². The number of phosphoric ester groups is 1. The fourth-order valence-electron chi connectivity index (χ4n) is 1.89. The third-order valence-electron chi connectivity index (χ3n) is 2.88. The minimum absolute atomic E-state index is 0. The van der Waals surface area contributed by atoms with Crippen LogP contribution in [0.15, 0.2) is 91.0 Å². The Morgan fingerprint density at radius 2 is 0.750 bits per heavy atom. The van der Waals surface area contributed by atoms with Crippen LogP contribution in [0.2, 0.25) is 0 Å². The van der Waals surface area contributed by atoms with Crippen LogP contribution in [0.4, 0.5) is 0 Å². The quantitative estimate of drug-likeness (QED) is 0.396. The van der Waals surface area contributed by atoms with Gasteiger partial charge in [0.1, 0.15) is 17.2 Å². The predicted octanol–water partition coefficient (Wildman–Crippen LogP) is 4.95. The van der Waals surface area contributed by atoms with Crippen LogP contribution in [-0.2, 0) is 4.57 Å². The monoisotopic (exact) mass is 447 g/mol. The van der Waals surface area contributed by atoms with E-state index in [0.717, 1.165) is 0 Å². The van der Waals surface area contributed by atoms with Crippen molar-refractivity contribution in [2.75, 3.05) is 0 Å². The molecule has 0 bridgehead atoms. The molecule has 0 atom stereocenters. The topological polar surface area (TPSA) is 44.8 Å². The van der Waals surface area contributed by atoms with Crippen LogP contribution in [0.5, 0.6) is 17.2 Å². The standard InChI is InChI=1S/C18H15O4P.Sb/c19-23(20-16-10-4-1-5-11-16,21-17-12-6-2-7-13-17)22-18-14-8-3-9-15-18;/h1-15H;. The molecule has 3 aromatic rings. The summed E-state index contributed by atoms with van der Waals surface area (Å²) >= 11 is 0. The first kappa shape index (κ1) is 18.4. The first-order valence-corrected chi connectivity index (χ1v) is 8.54. The first-order chi connectivity index (χ1) is 11.2. The molecule has 0 aliphatic rings.